The fraction of sp³-hybridized carbons (Fsp3) is 0.500. The Kier molecular flexibility index (Phi) is 5.96. The summed E-state index contributed by atoms with van der Waals surface area (Å²) in [5, 5.41) is 10.2. The predicted octanol–water partition coefficient (Wildman–Crippen LogP) is 1.44. The monoisotopic (exact) mass is 385 g/mol. The molecular formula is C20H27N5O3. The van der Waals surface area contributed by atoms with Crippen molar-refractivity contribution in [2.24, 2.45) is 7.05 Å². The molecule has 28 heavy (non-hydrogen) atoms. The number of amides is 2. The number of hydrogen-bond acceptors (Lipinski definition) is 4. The van der Waals surface area contributed by atoms with Crippen LogP contribution in [-0.2, 0) is 18.4 Å². The van der Waals surface area contributed by atoms with Gasteiger partial charge in [-0.1, -0.05) is 12.8 Å². The average molecular weight is 385 g/mol. The molecule has 2 aromatic rings. The van der Waals surface area contributed by atoms with Crippen molar-refractivity contribution in [2.75, 3.05) is 0 Å². The van der Waals surface area contributed by atoms with Crippen molar-refractivity contribution in [2.45, 2.75) is 58.2 Å². The number of nitrogens with zero attached hydrogens (tertiary/aromatic N) is 3. The van der Waals surface area contributed by atoms with E-state index in [1.165, 1.54) is 22.9 Å². The van der Waals surface area contributed by atoms with Crippen molar-refractivity contribution in [1.29, 1.82) is 0 Å². The fourth-order valence-corrected chi connectivity index (χ4v) is 3.69. The lowest BCUT2D eigenvalue weighted by atomic mass is 10.1. The minimum absolute atomic E-state index is 0.146. The third-order valence-corrected chi connectivity index (χ3v) is 5.15. The standard InChI is InChI=1S/C20H27N5O3/c1-13(17-11-24(3)23-14(17)2)21-18(26)12-25-10-15(8-9-19(25)27)20(28)22-16-6-4-5-7-16/h8-11,13,16H,4-7,12H2,1-3H3,(H,21,26)(H,22,28)/t13-/m0/s1. The number of nitrogens with one attached hydrogen (secondary N) is 2. The van der Waals surface area contributed by atoms with Gasteiger partial charge in [0.1, 0.15) is 6.54 Å². The minimum atomic E-state index is -0.322. The molecule has 3 rings (SSSR count). The van der Waals surface area contributed by atoms with E-state index in [9.17, 15) is 14.4 Å². The molecule has 0 bridgehead atoms. The Bertz CT molecular complexity index is 924. The molecule has 0 spiro atoms. The summed E-state index contributed by atoms with van der Waals surface area (Å²) in [6.45, 7) is 3.61. The molecule has 0 saturated heterocycles. The molecule has 0 aliphatic heterocycles. The zero-order valence-corrected chi connectivity index (χ0v) is 16.6. The van der Waals surface area contributed by atoms with Crippen LogP contribution in [0.5, 0.6) is 0 Å². The Hall–Kier alpha value is -2.90. The highest BCUT2D eigenvalue weighted by atomic mass is 16.2. The van der Waals surface area contributed by atoms with Crippen LogP contribution in [0.15, 0.2) is 29.3 Å². The van der Waals surface area contributed by atoms with Gasteiger partial charge in [-0.25, -0.2) is 0 Å². The van der Waals surface area contributed by atoms with Crippen LogP contribution in [-0.4, -0.2) is 32.2 Å². The maximum atomic E-state index is 12.4. The van der Waals surface area contributed by atoms with Crippen molar-refractivity contribution >= 4 is 11.8 Å². The van der Waals surface area contributed by atoms with E-state index in [-0.39, 0.29) is 36.0 Å². The Labute approximate surface area is 163 Å². The van der Waals surface area contributed by atoms with Crippen LogP contribution in [0.25, 0.3) is 0 Å². The second kappa shape index (κ2) is 8.41. The van der Waals surface area contributed by atoms with Crippen molar-refractivity contribution in [3.63, 3.8) is 0 Å². The van der Waals surface area contributed by atoms with Crippen LogP contribution < -0.4 is 16.2 Å². The van der Waals surface area contributed by atoms with Gasteiger partial charge in [0, 0.05) is 37.1 Å². The number of rotatable bonds is 6. The number of carbonyl (C=O) groups is 2. The summed E-state index contributed by atoms with van der Waals surface area (Å²) in [6.07, 6.45) is 7.53. The van der Waals surface area contributed by atoms with Crippen LogP contribution >= 0.6 is 0 Å². The van der Waals surface area contributed by atoms with Gasteiger partial charge in [0.25, 0.3) is 11.5 Å². The highest BCUT2D eigenvalue weighted by Gasteiger charge is 2.19. The van der Waals surface area contributed by atoms with Crippen LogP contribution in [0, 0.1) is 6.92 Å². The minimum Gasteiger partial charge on any atom is -0.349 e. The van der Waals surface area contributed by atoms with Crippen molar-refractivity contribution in [1.82, 2.24) is 25.0 Å². The quantitative estimate of drug-likeness (QED) is 0.786. The molecule has 2 heterocycles. The van der Waals surface area contributed by atoms with Crippen LogP contribution in [0.2, 0.25) is 0 Å². The molecule has 0 aromatic carbocycles. The molecule has 8 nitrogen and oxygen atoms in total. The van der Waals surface area contributed by atoms with E-state index in [4.69, 9.17) is 0 Å². The Morgan fingerprint density at radius 3 is 2.61 bits per heavy atom. The van der Waals surface area contributed by atoms with Gasteiger partial charge in [-0.05, 0) is 32.8 Å². The number of aryl methyl sites for hydroxylation is 2. The van der Waals surface area contributed by atoms with E-state index in [1.807, 2.05) is 27.1 Å². The second-order valence-corrected chi connectivity index (χ2v) is 7.47. The lowest BCUT2D eigenvalue weighted by Crippen LogP contribution is -2.36. The van der Waals surface area contributed by atoms with E-state index >= 15 is 0 Å². The first-order valence-electron chi connectivity index (χ1n) is 9.64. The van der Waals surface area contributed by atoms with Gasteiger partial charge >= 0.3 is 0 Å². The number of hydrogen-bond donors (Lipinski definition) is 2. The van der Waals surface area contributed by atoms with Gasteiger partial charge < -0.3 is 15.2 Å². The smallest absolute Gasteiger partial charge is 0.252 e. The molecule has 1 atom stereocenters. The first-order valence-corrected chi connectivity index (χ1v) is 9.64. The van der Waals surface area contributed by atoms with E-state index in [0.29, 0.717) is 5.56 Å². The van der Waals surface area contributed by atoms with Crippen molar-refractivity contribution in [3.8, 4) is 0 Å². The van der Waals surface area contributed by atoms with Gasteiger partial charge in [-0.15, -0.1) is 0 Å². The summed E-state index contributed by atoms with van der Waals surface area (Å²) in [6, 6.07) is 2.79. The van der Waals surface area contributed by atoms with Crippen LogP contribution in [0.3, 0.4) is 0 Å². The lowest BCUT2D eigenvalue weighted by Gasteiger charge is -2.15. The van der Waals surface area contributed by atoms with E-state index in [0.717, 1.165) is 36.9 Å². The predicted molar refractivity (Wildman–Crippen MR) is 105 cm³/mol. The molecule has 1 fully saturated rings. The first kappa shape index (κ1) is 19.9. The maximum absolute atomic E-state index is 12.4. The summed E-state index contributed by atoms with van der Waals surface area (Å²) in [4.78, 5) is 37.0. The summed E-state index contributed by atoms with van der Waals surface area (Å²) in [5.41, 5.74) is 1.83. The molecule has 1 aliphatic carbocycles. The molecule has 150 valence electrons. The summed E-state index contributed by atoms with van der Waals surface area (Å²) in [7, 11) is 1.83. The Balaban J connectivity index is 1.65. The molecular weight excluding hydrogens is 358 g/mol. The van der Waals surface area contributed by atoms with E-state index < -0.39 is 0 Å². The molecule has 2 aromatic heterocycles. The van der Waals surface area contributed by atoms with Gasteiger partial charge in [0.2, 0.25) is 5.91 Å². The molecule has 8 heteroatoms. The second-order valence-electron chi connectivity index (χ2n) is 7.47. The maximum Gasteiger partial charge on any atom is 0.252 e. The number of pyridine rings is 1. The van der Waals surface area contributed by atoms with Crippen LogP contribution in [0.1, 0.15) is 60.3 Å². The molecule has 1 saturated carbocycles. The fourth-order valence-electron chi connectivity index (χ4n) is 3.69. The molecule has 2 N–H and O–H groups in total. The van der Waals surface area contributed by atoms with Crippen molar-refractivity contribution < 1.29 is 9.59 Å². The number of carbonyl (C=O) groups excluding carboxylic acids is 2. The third kappa shape index (κ3) is 4.68. The van der Waals surface area contributed by atoms with Gasteiger partial charge in [-0.2, -0.15) is 5.10 Å². The summed E-state index contributed by atoms with van der Waals surface area (Å²) < 4.78 is 2.96. The van der Waals surface area contributed by atoms with Crippen LogP contribution in [0.4, 0.5) is 0 Å². The summed E-state index contributed by atoms with van der Waals surface area (Å²) in [5.74, 6) is -0.508. The largest absolute Gasteiger partial charge is 0.349 e. The zero-order chi connectivity index (χ0) is 20.3. The Morgan fingerprint density at radius 2 is 1.96 bits per heavy atom. The van der Waals surface area contributed by atoms with Crippen molar-refractivity contribution in [3.05, 3.63) is 51.7 Å². The lowest BCUT2D eigenvalue weighted by molar-refractivity contribution is -0.122. The molecule has 0 radical (unpaired) electrons. The highest BCUT2D eigenvalue weighted by molar-refractivity contribution is 5.94. The van der Waals surface area contributed by atoms with Gasteiger partial charge in [0.15, 0.2) is 0 Å². The zero-order valence-electron chi connectivity index (χ0n) is 16.6. The highest BCUT2D eigenvalue weighted by Crippen LogP contribution is 2.18. The molecule has 1 aliphatic rings. The van der Waals surface area contributed by atoms with Gasteiger partial charge in [0.05, 0.1) is 17.3 Å². The third-order valence-electron chi connectivity index (χ3n) is 5.15. The van der Waals surface area contributed by atoms with E-state index in [2.05, 4.69) is 15.7 Å². The summed E-state index contributed by atoms with van der Waals surface area (Å²) >= 11 is 0. The van der Waals surface area contributed by atoms with E-state index in [1.54, 1.807) is 4.68 Å². The average Bonchev–Trinajstić information content (AvgIpc) is 3.25. The first-order chi connectivity index (χ1) is 13.3. The van der Waals surface area contributed by atoms with Gasteiger partial charge in [-0.3, -0.25) is 19.1 Å². The topological polar surface area (TPSA) is 98.0 Å². The molecule has 0 unspecified atom stereocenters. The number of aromatic nitrogens is 3. The normalized spacial score (nSPS) is 15.4. The molecule has 2 amide bonds. The SMILES string of the molecule is Cc1nn(C)cc1[C@H](C)NC(=O)Cn1cc(C(=O)NC2CCCC2)ccc1=O. The Morgan fingerprint density at radius 1 is 1.25 bits per heavy atom.